The molecule has 0 aliphatic rings. The van der Waals surface area contributed by atoms with Gasteiger partial charge in [0, 0.05) is 6.54 Å². The topological polar surface area (TPSA) is 57.1 Å². The van der Waals surface area contributed by atoms with E-state index in [1.54, 1.807) is 13.3 Å². The van der Waals surface area contributed by atoms with E-state index in [0.717, 1.165) is 11.3 Å². The third-order valence-electron chi connectivity index (χ3n) is 1.78. The minimum Gasteiger partial charge on any atom is -1.00 e. The Balaban J connectivity index is 0. The van der Waals surface area contributed by atoms with Gasteiger partial charge in [-0.1, -0.05) is 12.1 Å². The van der Waals surface area contributed by atoms with Crippen molar-refractivity contribution in [3.8, 4) is 11.9 Å². The maximum absolute atomic E-state index is 8.30. The van der Waals surface area contributed by atoms with E-state index in [2.05, 4.69) is 10.6 Å². The molecule has 0 aliphatic carbocycles. The van der Waals surface area contributed by atoms with Crippen LogP contribution in [0.5, 0.6) is 5.75 Å². The SMILES string of the molecule is COc1ccc(CNC(=S)NC#N)cc1.[H-].[Na+]. The van der Waals surface area contributed by atoms with Gasteiger partial charge in [0.1, 0.15) is 5.75 Å². The van der Waals surface area contributed by atoms with Crippen molar-refractivity contribution in [1.82, 2.24) is 10.6 Å². The molecule has 80 valence electrons. The summed E-state index contributed by atoms with van der Waals surface area (Å²) < 4.78 is 5.03. The van der Waals surface area contributed by atoms with E-state index in [4.69, 9.17) is 22.2 Å². The number of hydrogen-bond acceptors (Lipinski definition) is 3. The third-order valence-corrected chi connectivity index (χ3v) is 2.03. The summed E-state index contributed by atoms with van der Waals surface area (Å²) in [5.74, 6) is 0.816. The van der Waals surface area contributed by atoms with Crippen LogP contribution in [0.2, 0.25) is 0 Å². The van der Waals surface area contributed by atoms with Gasteiger partial charge in [0.25, 0.3) is 0 Å². The average Bonchev–Trinajstić information content (AvgIpc) is 2.27. The number of nitriles is 1. The van der Waals surface area contributed by atoms with Crippen molar-refractivity contribution >= 4 is 17.3 Å². The summed E-state index contributed by atoms with van der Waals surface area (Å²) in [5.41, 5.74) is 1.07. The molecule has 0 heterocycles. The van der Waals surface area contributed by atoms with Crippen molar-refractivity contribution in [2.75, 3.05) is 7.11 Å². The standard InChI is InChI=1S/C10H11N3OS.Na.H/c1-14-9-4-2-8(3-5-9)6-12-10(15)13-7-11;;/h2-5H,6H2,1H3,(H2,12,13,15);;/q;+1;-1. The van der Waals surface area contributed by atoms with Gasteiger partial charge in [0.2, 0.25) is 0 Å². The normalized spacial score (nSPS) is 8.25. The van der Waals surface area contributed by atoms with Crippen LogP contribution in [-0.2, 0) is 6.54 Å². The molecule has 0 saturated carbocycles. The Bertz CT molecular complexity index is 380. The van der Waals surface area contributed by atoms with Crippen molar-refractivity contribution in [3.63, 3.8) is 0 Å². The maximum atomic E-state index is 8.30. The molecule has 16 heavy (non-hydrogen) atoms. The van der Waals surface area contributed by atoms with E-state index in [1.165, 1.54) is 0 Å². The van der Waals surface area contributed by atoms with Crippen LogP contribution >= 0.6 is 12.2 Å². The molecule has 0 bridgehead atoms. The first-order valence-corrected chi connectivity index (χ1v) is 4.73. The van der Waals surface area contributed by atoms with Gasteiger partial charge >= 0.3 is 29.6 Å². The maximum Gasteiger partial charge on any atom is 1.00 e. The molecule has 0 spiro atoms. The molecule has 6 heteroatoms. The number of nitrogens with zero attached hydrogens (tertiary/aromatic N) is 1. The van der Waals surface area contributed by atoms with Gasteiger partial charge in [0.15, 0.2) is 11.3 Å². The van der Waals surface area contributed by atoms with Crippen LogP contribution in [0, 0.1) is 11.5 Å². The molecule has 0 radical (unpaired) electrons. The van der Waals surface area contributed by atoms with Crippen LogP contribution in [0.4, 0.5) is 0 Å². The second-order valence-corrected chi connectivity index (χ2v) is 3.18. The van der Waals surface area contributed by atoms with E-state index < -0.39 is 0 Å². The van der Waals surface area contributed by atoms with Gasteiger partial charge in [-0.2, -0.15) is 5.26 Å². The number of hydrogen-bond donors (Lipinski definition) is 2. The van der Waals surface area contributed by atoms with E-state index >= 15 is 0 Å². The molecule has 1 aromatic carbocycles. The first kappa shape index (κ1) is 15.2. The van der Waals surface area contributed by atoms with Crippen molar-refractivity contribution in [2.24, 2.45) is 0 Å². The van der Waals surface area contributed by atoms with Gasteiger partial charge in [-0.05, 0) is 29.9 Å². The average molecular weight is 245 g/mol. The zero-order valence-corrected chi connectivity index (χ0v) is 12.1. The van der Waals surface area contributed by atoms with Crippen LogP contribution in [0.3, 0.4) is 0 Å². The van der Waals surface area contributed by atoms with Crippen molar-refractivity contribution in [3.05, 3.63) is 29.8 Å². The largest absolute Gasteiger partial charge is 1.00 e. The zero-order chi connectivity index (χ0) is 11.1. The molecular formula is C10H12N3NaOS. The summed E-state index contributed by atoms with van der Waals surface area (Å²) >= 11 is 4.83. The predicted octanol–water partition coefficient (Wildman–Crippen LogP) is -1.74. The second-order valence-electron chi connectivity index (χ2n) is 2.77. The number of rotatable bonds is 3. The van der Waals surface area contributed by atoms with Crippen molar-refractivity contribution < 1.29 is 35.7 Å². The molecule has 0 fully saturated rings. The Morgan fingerprint density at radius 1 is 1.50 bits per heavy atom. The van der Waals surface area contributed by atoms with Crippen LogP contribution in [0.15, 0.2) is 24.3 Å². The Labute approximate surface area is 124 Å². The number of benzene rings is 1. The number of methoxy groups -OCH3 is 1. The van der Waals surface area contributed by atoms with Gasteiger partial charge in [-0.25, -0.2) is 0 Å². The molecule has 0 unspecified atom stereocenters. The fourth-order valence-electron chi connectivity index (χ4n) is 1.02. The first-order valence-electron chi connectivity index (χ1n) is 4.32. The summed E-state index contributed by atoms with van der Waals surface area (Å²) in [6.07, 6.45) is 1.75. The molecule has 4 nitrogen and oxygen atoms in total. The summed E-state index contributed by atoms with van der Waals surface area (Å²) in [7, 11) is 1.62. The van der Waals surface area contributed by atoms with Crippen LogP contribution in [0.25, 0.3) is 0 Å². The summed E-state index contributed by atoms with van der Waals surface area (Å²) in [4.78, 5) is 0. The predicted molar refractivity (Wildman–Crippen MR) is 62.3 cm³/mol. The fourth-order valence-corrected chi connectivity index (χ4v) is 1.14. The molecule has 0 aliphatic heterocycles. The van der Waals surface area contributed by atoms with E-state index in [1.807, 2.05) is 24.3 Å². The van der Waals surface area contributed by atoms with E-state index in [-0.39, 0.29) is 31.0 Å². The fraction of sp³-hybridized carbons (Fsp3) is 0.200. The summed E-state index contributed by atoms with van der Waals surface area (Å²) in [5, 5.41) is 13.9. The molecule has 0 aromatic heterocycles. The molecule has 2 N–H and O–H groups in total. The monoisotopic (exact) mass is 245 g/mol. The molecule has 0 saturated heterocycles. The Kier molecular flexibility index (Phi) is 7.95. The van der Waals surface area contributed by atoms with E-state index in [9.17, 15) is 0 Å². The van der Waals surface area contributed by atoms with Gasteiger partial charge in [0.05, 0.1) is 7.11 Å². The smallest absolute Gasteiger partial charge is 1.00 e. The Morgan fingerprint density at radius 3 is 2.62 bits per heavy atom. The molecule has 1 aromatic rings. The third kappa shape index (κ3) is 5.33. The second kappa shape index (κ2) is 8.36. The Morgan fingerprint density at radius 2 is 2.12 bits per heavy atom. The van der Waals surface area contributed by atoms with Gasteiger partial charge < -0.3 is 11.5 Å². The van der Waals surface area contributed by atoms with Crippen molar-refractivity contribution in [2.45, 2.75) is 6.54 Å². The van der Waals surface area contributed by atoms with Crippen LogP contribution in [0.1, 0.15) is 6.99 Å². The molecule has 0 atom stereocenters. The molecule has 1 rings (SSSR count). The van der Waals surface area contributed by atoms with E-state index in [0.29, 0.717) is 11.7 Å². The number of ether oxygens (including phenoxy) is 1. The number of thiocarbonyl (C=S) groups is 1. The van der Waals surface area contributed by atoms with Crippen molar-refractivity contribution in [1.29, 1.82) is 5.26 Å². The van der Waals surface area contributed by atoms with Crippen LogP contribution < -0.4 is 44.9 Å². The first-order chi connectivity index (χ1) is 7.26. The minimum atomic E-state index is 0. The zero-order valence-electron chi connectivity index (χ0n) is 10.3. The number of nitrogens with one attached hydrogen (secondary N) is 2. The summed E-state index contributed by atoms with van der Waals surface area (Å²) in [6.45, 7) is 0.581. The molecular weight excluding hydrogens is 233 g/mol. The minimum absolute atomic E-state index is 0. The Hall–Kier alpha value is -0.800. The van der Waals surface area contributed by atoms with Gasteiger partial charge in [-0.15, -0.1) is 0 Å². The summed E-state index contributed by atoms with van der Waals surface area (Å²) in [6, 6.07) is 7.61. The van der Waals surface area contributed by atoms with Crippen LogP contribution in [-0.4, -0.2) is 12.2 Å². The quantitative estimate of drug-likeness (QED) is 0.286. The van der Waals surface area contributed by atoms with Gasteiger partial charge in [-0.3, -0.25) is 5.32 Å². The molecule has 0 amide bonds.